The second-order valence-corrected chi connectivity index (χ2v) is 16.6. The maximum Gasteiger partial charge on any atom is 0.330 e. The predicted molar refractivity (Wildman–Crippen MR) is 237 cm³/mol. The van der Waals surface area contributed by atoms with Crippen LogP contribution in [-0.2, 0) is 28.7 Å². The highest BCUT2D eigenvalue weighted by Gasteiger charge is 2.30. The van der Waals surface area contributed by atoms with E-state index in [1.54, 1.807) is 48.5 Å². The number of rotatable bonds is 21. The zero-order chi connectivity index (χ0) is 45.1. The number of esters is 4. The van der Waals surface area contributed by atoms with Crippen LogP contribution in [0.1, 0.15) is 126 Å². The van der Waals surface area contributed by atoms with Gasteiger partial charge in [0.2, 0.25) is 0 Å². The van der Waals surface area contributed by atoms with Crippen molar-refractivity contribution in [3.63, 3.8) is 0 Å². The van der Waals surface area contributed by atoms with Gasteiger partial charge in [-0.15, -0.1) is 0 Å². The lowest BCUT2D eigenvalue weighted by atomic mass is 9.80. The van der Waals surface area contributed by atoms with E-state index in [-0.39, 0.29) is 29.3 Å². The van der Waals surface area contributed by atoms with Gasteiger partial charge in [0.25, 0.3) is 11.4 Å². The van der Waals surface area contributed by atoms with Crippen LogP contribution in [0.25, 0.3) is 12.2 Å². The van der Waals surface area contributed by atoms with Gasteiger partial charge in [-0.05, 0) is 117 Å². The number of benzene rings is 3. The lowest BCUT2D eigenvalue weighted by molar-refractivity contribution is -0.394. The first-order valence-electron chi connectivity index (χ1n) is 22.2. The van der Waals surface area contributed by atoms with Crippen molar-refractivity contribution in [1.82, 2.24) is 0 Å². The first-order chi connectivity index (χ1) is 30.4. The molecule has 3 aromatic carbocycles. The minimum atomic E-state index is -1.07. The quantitative estimate of drug-likeness (QED) is 0.0324. The van der Waals surface area contributed by atoms with Gasteiger partial charge < -0.3 is 18.9 Å². The Morgan fingerprint density at radius 2 is 1.05 bits per heavy atom. The van der Waals surface area contributed by atoms with E-state index in [2.05, 4.69) is 13.8 Å². The molecule has 2 aliphatic carbocycles. The number of hydrogen-bond donors (Lipinski definition) is 0. The molecule has 14 nitrogen and oxygen atoms in total. The zero-order valence-electron chi connectivity index (χ0n) is 36.2. The molecule has 5 rings (SSSR count). The molecule has 0 N–H and O–H groups in total. The van der Waals surface area contributed by atoms with Gasteiger partial charge in [-0.25, -0.2) is 9.59 Å². The third kappa shape index (κ3) is 15.3. The van der Waals surface area contributed by atoms with Gasteiger partial charge in [-0.2, -0.15) is 0 Å². The van der Waals surface area contributed by atoms with Crippen LogP contribution >= 0.6 is 0 Å². The minimum Gasteiger partial charge on any atom is -0.462 e. The topological polar surface area (TPSA) is 191 Å². The fourth-order valence-electron chi connectivity index (χ4n) is 8.22. The minimum absolute atomic E-state index is 0.0384. The number of ether oxygens (including phenoxy) is 4. The van der Waals surface area contributed by atoms with Gasteiger partial charge in [0.05, 0.1) is 33.7 Å². The molecule has 2 aliphatic rings. The molecule has 0 aliphatic heterocycles. The number of hydrogen-bond acceptors (Lipinski definition) is 12. The average molecular weight is 867 g/mol. The summed E-state index contributed by atoms with van der Waals surface area (Å²) in [5, 5.41) is 23.4. The Hall–Kier alpha value is -6.18. The van der Waals surface area contributed by atoms with E-state index in [0.29, 0.717) is 34.5 Å². The highest BCUT2D eigenvalue weighted by atomic mass is 16.6. The second kappa shape index (κ2) is 24.5. The van der Waals surface area contributed by atoms with Crippen molar-refractivity contribution < 1.29 is 48.0 Å². The Morgan fingerprint density at radius 1 is 0.619 bits per heavy atom. The molecule has 0 aromatic heterocycles. The standard InChI is InChI=1S/C49H58N2O12/c1-3-5-7-34-9-19-38(20-10-34)48(54)62-42-24-13-36(14-25-42)17-29-46(52)60-32-40(44-28-23-41(50(56)57)31-45(44)51(58)59)33-61-47(53)30-18-37-15-26-43(27-16-37)63-49(55)39-21-11-35(12-22-39)8-6-4-2/h13-18,23-31,34-35,38-40H,3-12,19-22,32-33H2,1-2H3/b29-17+,30-18+. The maximum absolute atomic E-state index is 12.8. The van der Waals surface area contributed by atoms with E-state index in [1.165, 1.54) is 56.7 Å². The van der Waals surface area contributed by atoms with Crippen LogP contribution in [0.5, 0.6) is 11.5 Å². The SMILES string of the molecule is CCCCC1CCC(C(=O)Oc2ccc(/C=C/C(=O)OCC(COC(=O)/C=C/c3ccc(OC(=O)C4CCC(CCCC)CC4)cc3)c3ccc([N+](=O)[O-])cc3[N+](=O)[O-])cc2)CC1. The first-order valence-corrected chi connectivity index (χ1v) is 22.2. The summed E-state index contributed by atoms with van der Waals surface area (Å²) in [4.78, 5) is 73.1. The molecule has 0 atom stereocenters. The summed E-state index contributed by atoms with van der Waals surface area (Å²) in [5.41, 5.74) is 0.0620. The Balaban J connectivity index is 1.14. The summed E-state index contributed by atoms with van der Waals surface area (Å²) in [6.45, 7) is 3.44. The fraction of sp³-hybridized carbons (Fsp3) is 0.469. The summed E-state index contributed by atoms with van der Waals surface area (Å²) >= 11 is 0. The largest absolute Gasteiger partial charge is 0.462 e. The molecule has 0 heterocycles. The van der Waals surface area contributed by atoms with Crippen molar-refractivity contribution in [2.75, 3.05) is 13.2 Å². The second-order valence-electron chi connectivity index (χ2n) is 16.6. The van der Waals surface area contributed by atoms with Crippen molar-refractivity contribution in [3.8, 4) is 11.5 Å². The third-order valence-corrected chi connectivity index (χ3v) is 12.0. The fourth-order valence-corrected chi connectivity index (χ4v) is 8.22. The van der Waals surface area contributed by atoms with Crippen molar-refractivity contribution in [1.29, 1.82) is 0 Å². The van der Waals surface area contributed by atoms with E-state index in [4.69, 9.17) is 18.9 Å². The Labute approximate surface area is 368 Å². The lowest BCUT2D eigenvalue weighted by Gasteiger charge is -2.27. The van der Waals surface area contributed by atoms with Gasteiger partial charge in [-0.1, -0.05) is 76.6 Å². The van der Waals surface area contributed by atoms with E-state index >= 15 is 0 Å². The molecule has 0 unspecified atom stereocenters. The number of non-ortho nitro benzene ring substituents is 1. The molecule has 0 spiro atoms. The van der Waals surface area contributed by atoms with Gasteiger partial charge in [0.15, 0.2) is 0 Å². The summed E-state index contributed by atoms with van der Waals surface area (Å²) in [5.74, 6) is -1.25. The molecular weight excluding hydrogens is 809 g/mol. The van der Waals surface area contributed by atoms with Crippen LogP contribution in [0, 0.1) is 43.9 Å². The number of nitro benzene ring substituents is 2. The molecular formula is C49H58N2O12. The molecule has 0 bridgehead atoms. The van der Waals surface area contributed by atoms with Gasteiger partial charge in [-0.3, -0.25) is 29.8 Å². The molecule has 0 radical (unpaired) electrons. The molecule has 2 saturated carbocycles. The van der Waals surface area contributed by atoms with Crippen LogP contribution in [0.4, 0.5) is 11.4 Å². The molecule has 3 aromatic rings. The first kappa shape index (κ1) is 47.9. The molecule has 336 valence electrons. The van der Waals surface area contributed by atoms with Crippen molar-refractivity contribution in [3.05, 3.63) is 116 Å². The predicted octanol–water partition coefficient (Wildman–Crippen LogP) is 10.9. The van der Waals surface area contributed by atoms with Crippen molar-refractivity contribution in [2.45, 2.75) is 110 Å². The van der Waals surface area contributed by atoms with E-state index in [9.17, 15) is 39.4 Å². The van der Waals surface area contributed by atoms with E-state index in [1.807, 2.05) is 0 Å². The zero-order valence-corrected chi connectivity index (χ0v) is 36.2. The van der Waals surface area contributed by atoms with Gasteiger partial charge in [0, 0.05) is 23.8 Å². The van der Waals surface area contributed by atoms with Gasteiger partial charge in [0.1, 0.15) is 24.7 Å². The molecule has 2 fully saturated rings. The average Bonchev–Trinajstić information content (AvgIpc) is 3.29. The Morgan fingerprint density at radius 3 is 1.43 bits per heavy atom. The van der Waals surface area contributed by atoms with Crippen molar-refractivity contribution in [2.24, 2.45) is 23.7 Å². The normalized spacial score (nSPS) is 19.3. The summed E-state index contributed by atoms with van der Waals surface area (Å²) in [6, 6.07) is 16.3. The molecule has 63 heavy (non-hydrogen) atoms. The Bertz CT molecular complexity index is 1970. The smallest absolute Gasteiger partial charge is 0.330 e. The number of unbranched alkanes of at least 4 members (excludes halogenated alkanes) is 2. The highest BCUT2D eigenvalue weighted by molar-refractivity contribution is 5.88. The van der Waals surface area contributed by atoms with Crippen molar-refractivity contribution >= 4 is 47.4 Å². The number of carbonyl (C=O) groups excluding carboxylic acids is 4. The lowest BCUT2D eigenvalue weighted by Crippen LogP contribution is -2.25. The van der Waals surface area contributed by atoms with Crippen LogP contribution in [0.3, 0.4) is 0 Å². The third-order valence-electron chi connectivity index (χ3n) is 12.0. The number of nitro groups is 2. The highest BCUT2D eigenvalue weighted by Crippen LogP contribution is 2.35. The molecule has 14 heteroatoms. The summed E-state index contributed by atoms with van der Waals surface area (Å²) in [6.07, 6.45) is 19.9. The van der Waals surface area contributed by atoms with E-state index in [0.717, 1.165) is 75.7 Å². The summed E-state index contributed by atoms with van der Waals surface area (Å²) < 4.78 is 22.1. The maximum atomic E-state index is 12.8. The van der Waals surface area contributed by atoms with Crippen LogP contribution in [0.15, 0.2) is 78.9 Å². The Kier molecular flexibility index (Phi) is 18.6. The monoisotopic (exact) mass is 866 g/mol. The van der Waals surface area contributed by atoms with Crippen LogP contribution in [-0.4, -0.2) is 46.9 Å². The summed E-state index contributed by atoms with van der Waals surface area (Å²) in [7, 11) is 0. The molecule has 0 saturated heterocycles. The molecule has 0 amide bonds. The van der Waals surface area contributed by atoms with Gasteiger partial charge >= 0.3 is 23.9 Å². The number of nitrogens with zero attached hydrogens (tertiary/aromatic N) is 2. The van der Waals surface area contributed by atoms with Crippen LogP contribution < -0.4 is 9.47 Å². The van der Waals surface area contributed by atoms with E-state index < -0.39 is 52.3 Å². The van der Waals surface area contributed by atoms with Crippen LogP contribution in [0.2, 0.25) is 0 Å². The number of carbonyl (C=O) groups is 4.